The number of unbranched alkanes of at least 4 members (excludes halogenated alkanes) is 1. The van der Waals surface area contributed by atoms with Crippen LogP contribution >= 0.6 is 22.6 Å². The molecule has 1 aliphatic rings. The van der Waals surface area contributed by atoms with Crippen LogP contribution in [0, 0.1) is 9.49 Å². The third kappa shape index (κ3) is 5.94. The first-order valence-electron chi connectivity index (χ1n) is 10.6. The summed E-state index contributed by atoms with van der Waals surface area (Å²) in [5.41, 5.74) is 0.237. The van der Waals surface area contributed by atoms with Gasteiger partial charge in [-0.3, -0.25) is 9.59 Å². The Labute approximate surface area is 184 Å². The number of nitrogens with one attached hydrogen (secondary N) is 1. The van der Waals surface area contributed by atoms with Crippen molar-refractivity contribution in [3.8, 4) is 0 Å². The highest BCUT2D eigenvalue weighted by molar-refractivity contribution is 14.1. The van der Waals surface area contributed by atoms with Gasteiger partial charge in [0.15, 0.2) is 0 Å². The number of hydrogen-bond donors (Lipinski definition) is 1. The molecule has 1 fully saturated rings. The standard InChI is InChI=1S/C23H35IN2O2/c1-5-6-16-25-21(27)20(17-12-8-7-9-13-17)26(23(2,3)4)22(28)18-14-10-11-15-19(18)24/h10-11,14-15,17,20H,5-9,12-13,16H2,1-4H3,(H,25,27). The molecule has 1 atom stereocenters. The van der Waals surface area contributed by atoms with Crippen molar-refractivity contribution in [2.75, 3.05) is 6.54 Å². The van der Waals surface area contributed by atoms with Crippen LogP contribution < -0.4 is 5.32 Å². The first-order chi connectivity index (χ1) is 13.3. The molecule has 1 aliphatic carbocycles. The van der Waals surface area contributed by atoms with Gasteiger partial charge in [0, 0.05) is 15.7 Å². The molecule has 1 aromatic carbocycles. The number of nitrogens with zero attached hydrogens (tertiary/aromatic N) is 1. The van der Waals surface area contributed by atoms with Crippen LogP contribution in [0.5, 0.6) is 0 Å². The van der Waals surface area contributed by atoms with Crippen LogP contribution in [0.15, 0.2) is 24.3 Å². The number of hydrogen-bond acceptors (Lipinski definition) is 2. The van der Waals surface area contributed by atoms with Gasteiger partial charge in [-0.1, -0.05) is 44.7 Å². The Bertz CT molecular complexity index is 663. The molecule has 1 saturated carbocycles. The average Bonchev–Trinajstić information content (AvgIpc) is 2.65. The van der Waals surface area contributed by atoms with E-state index in [-0.39, 0.29) is 17.7 Å². The molecule has 1 aromatic rings. The number of halogens is 1. The molecule has 0 aliphatic heterocycles. The fraction of sp³-hybridized carbons (Fsp3) is 0.652. The zero-order valence-electron chi connectivity index (χ0n) is 17.8. The Kier molecular flexibility index (Phi) is 8.78. The van der Waals surface area contributed by atoms with Crippen LogP contribution in [0.3, 0.4) is 0 Å². The molecule has 4 nitrogen and oxygen atoms in total. The highest BCUT2D eigenvalue weighted by atomic mass is 127. The van der Waals surface area contributed by atoms with E-state index >= 15 is 0 Å². The van der Waals surface area contributed by atoms with Gasteiger partial charge in [0.2, 0.25) is 5.91 Å². The number of amides is 2. The summed E-state index contributed by atoms with van der Waals surface area (Å²) in [6, 6.07) is 7.24. The first-order valence-corrected chi connectivity index (χ1v) is 11.7. The van der Waals surface area contributed by atoms with E-state index in [9.17, 15) is 9.59 Å². The van der Waals surface area contributed by atoms with Crippen molar-refractivity contribution in [1.29, 1.82) is 0 Å². The van der Waals surface area contributed by atoms with Crippen LogP contribution in [-0.4, -0.2) is 34.8 Å². The van der Waals surface area contributed by atoms with E-state index in [1.165, 1.54) is 6.42 Å². The molecule has 0 saturated heterocycles. The van der Waals surface area contributed by atoms with E-state index in [0.29, 0.717) is 12.1 Å². The second-order valence-electron chi connectivity index (χ2n) is 8.81. The summed E-state index contributed by atoms with van der Waals surface area (Å²) in [6.45, 7) is 8.91. The summed E-state index contributed by atoms with van der Waals surface area (Å²) in [6.07, 6.45) is 7.52. The number of carbonyl (C=O) groups is 2. The van der Waals surface area contributed by atoms with Crippen molar-refractivity contribution in [3.05, 3.63) is 33.4 Å². The molecule has 2 amide bonds. The Morgan fingerprint density at radius 3 is 2.39 bits per heavy atom. The quantitative estimate of drug-likeness (QED) is 0.405. The second-order valence-corrected chi connectivity index (χ2v) is 9.98. The lowest BCUT2D eigenvalue weighted by molar-refractivity contribution is -0.130. The molecular formula is C23H35IN2O2. The van der Waals surface area contributed by atoms with Crippen molar-refractivity contribution >= 4 is 34.4 Å². The smallest absolute Gasteiger partial charge is 0.256 e. The molecule has 28 heavy (non-hydrogen) atoms. The van der Waals surface area contributed by atoms with E-state index in [4.69, 9.17) is 0 Å². The largest absolute Gasteiger partial charge is 0.354 e. The molecule has 0 aromatic heterocycles. The van der Waals surface area contributed by atoms with E-state index < -0.39 is 11.6 Å². The summed E-state index contributed by atoms with van der Waals surface area (Å²) in [4.78, 5) is 28.9. The fourth-order valence-corrected chi connectivity index (χ4v) is 4.72. The summed E-state index contributed by atoms with van der Waals surface area (Å²) in [5, 5.41) is 3.12. The molecule has 0 radical (unpaired) electrons. The normalized spacial score (nSPS) is 16.5. The lowest BCUT2D eigenvalue weighted by Gasteiger charge is -2.45. The minimum Gasteiger partial charge on any atom is -0.354 e. The van der Waals surface area contributed by atoms with E-state index in [1.54, 1.807) is 0 Å². The predicted molar refractivity (Wildman–Crippen MR) is 123 cm³/mol. The van der Waals surface area contributed by atoms with Gasteiger partial charge >= 0.3 is 0 Å². The molecule has 0 spiro atoms. The van der Waals surface area contributed by atoms with Gasteiger partial charge in [-0.15, -0.1) is 0 Å². The van der Waals surface area contributed by atoms with Crippen molar-refractivity contribution < 1.29 is 9.59 Å². The summed E-state index contributed by atoms with van der Waals surface area (Å²) >= 11 is 2.21. The number of carbonyl (C=O) groups excluding carboxylic acids is 2. The maximum atomic E-state index is 13.7. The first kappa shape index (κ1) is 23.2. The lowest BCUT2D eigenvalue weighted by atomic mass is 9.81. The molecule has 156 valence electrons. The zero-order chi connectivity index (χ0) is 20.7. The van der Waals surface area contributed by atoms with Gasteiger partial charge in [-0.05, 0) is 80.7 Å². The Balaban J connectivity index is 2.41. The predicted octanol–water partition coefficient (Wildman–Crippen LogP) is 5.40. The van der Waals surface area contributed by atoms with Crippen LogP contribution in [0.25, 0.3) is 0 Å². The molecule has 0 bridgehead atoms. The van der Waals surface area contributed by atoms with E-state index in [0.717, 1.165) is 42.1 Å². The summed E-state index contributed by atoms with van der Waals surface area (Å²) in [5.74, 6) is 0.188. The number of rotatable bonds is 7. The van der Waals surface area contributed by atoms with Crippen molar-refractivity contribution in [3.63, 3.8) is 0 Å². The third-order valence-corrected chi connectivity index (χ3v) is 6.46. The van der Waals surface area contributed by atoms with Crippen molar-refractivity contribution in [2.24, 2.45) is 5.92 Å². The zero-order valence-corrected chi connectivity index (χ0v) is 19.9. The monoisotopic (exact) mass is 498 g/mol. The van der Waals surface area contributed by atoms with E-state index in [1.807, 2.05) is 49.9 Å². The van der Waals surface area contributed by atoms with Crippen molar-refractivity contribution in [1.82, 2.24) is 10.2 Å². The minimum absolute atomic E-state index is 0.00886. The lowest BCUT2D eigenvalue weighted by Crippen LogP contribution is -2.60. The topological polar surface area (TPSA) is 49.4 Å². The Morgan fingerprint density at radius 1 is 1.18 bits per heavy atom. The van der Waals surface area contributed by atoms with Gasteiger partial charge in [-0.2, -0.15) is 0 Å². The van der Waals surface area contributed by atoms with Crippen LogP contribution in [-0.2, 0) is 4.79 Å². The van der Waals surface area contributed by atoms with Gasteiger partial charge in [0.05, 0.1) is 5.56 Å². The molecular weight excluding hydrogens is 463 g/mol. The Morgan fingerprint density at radius 2 is 1.82 bits per heavy atom. The van der Waals surface area contributed by atoms with Crippen LogP contribution in [0.2, 0.25) is 0 Å². The molecule has 2 rings (SSSR count). The van der Waals surface area contributed by atoms with Gasteiger partial charge < -0.3 is 10.2 Å². The minimum atomic E-state index is -0.444. The SMILES string of the molecule is CCCCNC(=O)C(C1CCCCC1)N(C(=O)c1ccccc1I)C(C)(C)C. The molecule has 5 heteroatoms. The van der Waals surface area contributed by atoms with Gasteiger partial charge in [0.1, 0.15) is 6.04 Å². The second kappa shape index (κ2) is 10.6. The number of benzene rings is 1. The molecule has 0 heterocycles. The van der Waals surface area contributed by atoms with E-state index in [2.05, 4.69) is 34.8 Å². The van der Waals surface area contributed by atoms with Crippen molar-refractivity contribution in [2.45, 2.75) is 84.2 Å². The molecule has 1 unspecified atom stereocenters. The van der Waals surface area contributed by atoms with Gasteiger partial charge in [0.25, 0.3) is 5.91 Å². The third-order valence-electron chi connectivity index (χ3n) is 5.52. The highest BCUT2D eigenvalue weighted by Gasteiger charge is 2.42. The average molecular weight is 498 g/mol. The Hall–Kier alpha value is -1.11. The highest BCUT2D eigenvalue weighted by Crippen LogP contribution is 2.34. The molecule has 1 N–H and O–H groups in total. The van der Waals surface area contributed by atoms with Crippen LogP contribution in [0.1, 0.15) is 83.0 Å². The van der Waals surface area contributed by atoms with Gasteiger partial charge in [-0.25, -0.2) is 0 Å². The van der Waals surface area contributed by atoms with Crippen LogP contribution in [0.4, 0.5) is 0 Å². The maximum Gasteiger partial charge on any atom is 0.256 e. The maximum absolute atomic E-state index is 13.7. The summed E-state index contributed by atoms with van der Waals surface area (Å²) in [7, 11) is 0. The summed E-state index contributed by atoms with van der Waals surface area (Å²) < 4.78 is 0.924. The fourth-order valence-electron chi connectivity index (χ4n) is 4.10.